The Hall–Kier alpha value is -1.62. The fourth-order valence-electron chi connectivity index (χ4n) is 2.28. The van der Waals surface area contributed by atoms with E-state index >= 15 is 0 Å². The zero-order chi connectivity index (χ0) is 18.8. The van der Waals surface area contributed by atoms with Gasteiger partial charge in [0.1, 0.15) is 11.5 Å². The van der Waals surface area contributed by atoms with Gasteiger partial charge in [0.2, 0.25) is 0 Å². The minimum atomic E-state index is -2.89. The van der Waals surface area contributed by atoms with E-state index in [2.05, 4.69) is 31.8 Å². The zero-order valence-electron chi connectivity index (χ0n) is 15.2. The Morgan fingerprint density at radius 3 is 2.70 bits per heavy atom. The van der Waals surface area contributed by atoms with Gasteiger partial charge in [-0.1, -0.05) is 0 Å². The summed E-state index contributed by atoms with van der Waals surface area (Å²) in [6, 6.07) is 6.78. The minimum Gasteiger partial charge on any atom is -0.497 e. The number of hydrogen-bond donors (Lipinski definition) is 2. The number of nitrogens with one attached hydrogen (secondary N) is 2. The van der Waals surface area contributed by atoms with Gasteiger partial charge in [-0.15, -0.1) is 24.0 Å². The molecule has 0 aliphatic carbocycles. The van der Waals surface area contributed by atoms with E-state index in [1.54, 1.807) is 23.5 Å². The monoisotopic (exact) mass is 511 g/mol. The number of hydrogen-bond acceptors (Lipinski definition) is 4. The summed E-state index contributed by atoms with van der Waals surface area (Å²) in [5.74, 6) is 1.28. The smallest absolute Gasteiger partial charge is 0.387 e. The lowest BCUT2D eigenvalue weighted by atomic mass is 10.2. The molecule has 0 amide bonds. The molecule has 0 atom stereocenters. The Balaban J connectivity index is 0.00000364. The molecule has 0 spiro atoms. The first-order chi connectivity index (χ1) is 12.6. The molecular formula is C18H24F2IN3O2S. The van der Waals surface area contributed by atoms with Gasteiger partial charge in [-0.2, -0.15) is 20.1 Å². The predicted octanol–water partition coefficient (Wildman–Crippen LogP) is 4.27. The first kappa shape index (κ1) is 23.4. The lowest BCUT2D eigenvalue weighted by Crippen LogP contribution is -2.38. The average molecular weight is 511 g/mol. The van der Waals surface area contributed by atoms with E-state index in [4.69, 9.17) is 4.74 Å². The molecular weight excluding hydrogens is 487 g/mol. The highest BCUT2D eigenvalue weighted by Crippen LogP contribution is 2.26. The summed E-state index contributed by atoms with van der Waals surface area (Å²) >= 11 is 1.67. The number of methoxy groups -OCH3 is 1. The summed E-state index contributed by atoms with van der Waals surface area (Å²) in [7, 11) is 1.52. The van der Waals surface area contributed by atoms with E-state index in [1.165, 1.54) is 18.7 Å². The molecule has 0 saturated heterocycles. The molecule has 27 heavy (non-hydrogen) atoms. The second-order valence-electron chi connectivity index (χ2n) is 5.36. The Bertz CT molecular complexity index is 700. The summed E-state index contributed by atoms with van der Waals surface area (Å²) in [6.45, 7) is 0.687. The number of ether oxygens (including phenoxy) is 2. The molecule has 1 aromatic carbocycles. The number of alkyl halides is 2. The third kappa shape index (κ3) is 8.29. The number of halogens is 3. The van der Waals surface area contributed by atoms with Gasteiger partial charge >= 0.3 is 6.61 Å². The van der Waals surface area contributed by atoms with Crippen LogP contribution in [0.3, 0.4) is 0 Å². The van der Waals surface area contributed by atoms with Gasteiger partial charge in [0.25, 0.3) is 0 Å². The van der Waals surface area contributed by atoms with Crippen LogP contribution in [-0.2, 0) is 13.0 Å². The van der Waals surface area contributed by atoms with Gasteiger partial charge in [0, 0.05) is 18.7 Å². The van der Waals surface area contributed by atoms with Crippen molar-refractivity contribution in [2.24, 2.45) is 4.99 Å². The van der Waals surface area contributed by atoms with Crippen LogP contribution in [0, 0.1) is 0 Å². The van der Waals surface area contributed by atoms with Crippen molar-refractivity contribution >= 4 is 41.3 Å². The summed E-state index contributed by atoms with van der Waals surface area (Å²) in [5.41, 5.74) is 1.79. The van der Waals surface area contributed by atoms with Crippen molar-refractivity contribution in [2.75, 3.05) is 20.2 Å². The largest absolute Gasteiger partial charge is 0.497 e. The quantitative estimate of drug-likeness (QED) is 0.300. The number of benzene rings is 1. The van der Waals surface area contributed by atoms with E-state index in [-0.39, 0.29) is 36.3 Å². The molecule has 0 saturated carbocycles. The molecule has 2 aromatic rings. The SMILES string of the molecule is CCNC(=NCc1cc(OC)ccc1OC(F)F)NCCc1ccsc1.I. The van der Waals surface area contributed by atoms with E-state index in [0.717, 1.165) is 13.0 Å². The normalized spacial score (nSPS) is 11.1. The van der Waals surface area contributed by atoms with Crippen molar-refractivity contribution in [3.8, 4) is 11.5 Å². The molecule has 0 fully saturated rings. The van der Waals surface area contributed by atoms with Gasteiger partial charge in [0.05, 0.1) is 13.7 Å². The van der Waals surface area contributed by atoms with Gasteiger partial charge < -0.3 is 20.1 Å². The molecule has 2 N–H and O–H groups in total. The molecule has 9 heteroatoms. The number of rotatable bonds is 9. The molecule has 5 nitrogen and oxygen atoms in total. The van der Waals surface area contributed by atoms with Crippen LogP contribution in [0.15, 0.2) is 40.0 Å². The fraction of sp³-hybridized carbons (Fsp3) is 0.389. The molecule has 0 aliphatic heterocycles. The van der Waals surface area contributed by atoms with Crippen molar-refractivity contribution in [1.29, 1.82) is 0 Å². The topological polar surface area (TPSA) is 54.9 Å². The molecule has 150 valence electrons. The third-order valence-corrected chi connectivity index (χ3v) is 4.25. The average Bonchev–Trinajstić information content (AvgIpc) is 3.13. The predicted molar refractivity (Wildman–Crippen MR) is 116 cm³/mol. The summed E-state index contributed by atoms with van der Waals surface area (Å²) in [5, 5.41) is 10.5. The van der Waals surface area contributed by atoms with Gasteiger partial charge in [-0.3, -0.25) is 0 Å². The highest BCUT2D eigenvalue weighted by Gasteiger charge is 2.11. The molecule has 0 radical (unpaired) electrons. The number of guanidine groups is 1. The lowest BCUT2D eigenvalue weighted by molar-refractivity contribution is -0.0504. The standard InChI is InChI=1S/C18H23F2N3O2S.HI/c1-3-21-18(22-8-6-13-7-9-26-12-13)23-11-14-10-15(24-2)4-5-16(14)25-17(19)20;/h4-5,7,9-10,12,17H,3,6,8,11H2,1-2H3,(H2,21,22,23);1H. The summed E-state index contributed by atoms with van der Waals surface area (Å²) in [4.78, 5) is 4.46. The number of thiophene rings is 1. The zero-order valence-corrected chi connectivity index (χ0v) is 18.4. The van der Waals surface area contributed by atoms with Crippen LogP contribution in [0.4, 0.5) is 8.78 Å². The molecule has 1 aromatic heterocycles. The molecule has 0 bridgehead atoms. The van der Waals surface area contributed by atoms with Crippen LogP contribution in [0.2, 0.25) is 0 Å². The van der Waals surface area contributed by atoms with Crippen molar-refractivity contribution in [3.63, 3.8) is 0 Å². The molecule has 0 unspecified atom stereocenters. The van der Waals surface area contributed by atoms with Crippen LogP contribution in [0.25, 0.3) is 0 Å². The van der Waals surface area contributed by atoms with Crippen LogP contribution >= 0.6 is 35.3 Å². The lowest BCUT2D eigenvalue weighted by Gasteiger charge is -2.13. The Labute approximate surface area is 179 Å². The van der Waals surface area contributed by atoms with Crippen molar-refractivity contribution in [3.05, 3.63) is 46.2 Å². The second-order valence-corrected chi connectivity index (χ2v) is 6.14. The maximum absolute atomic E-state index is 12.6. The molecule has 1 heterocycles. The Morgan fingerprint density at radius 1 is 1.26 bits per heavy atom. The second kappa shape index (κ2) is 12.7. The van der Waals surface area contributed by atoms with Crippen LogP contribution < -0.4 is 20.1 Å². The van der Waals surface area contributed by atoms with Crippen LogP contribution in [-0.4, -0.2) is 32.8 Å². The molecule has 0 aliphatic rings. The van der Waals surface area contributed by atoms with Gasteiger partial charge in [-0.25, -0.2) is 4.99 Å². The first-order valence-corrected chi connectivity index (χ1v) is 9.21. The summed E-state index contributed by atoms with van der Waals surface area (Å²) in [6.07, 6.45) is 0.882. The maximum atomic E-state index is 12.6. The van der Waals surface area contributed by atoms with Crippen LogP contribution in [0.5, 0.6) is 11.5 Å². The van der Waals surface area contributed by atoms with Crippen LogP contribution in [0.1, 0.15) is 18.1 Å². The minimum absolute atomic E-state index is 0. The maximum Gasteiger partial charge on any atom is 0.387 e. The van der Waals surface area contributed by atoms with Gasteiger partial charge in [0.15, 0.2) is 5.96 Å². The van der Waals surface area contributed by atoms with E-state index < -0.39 is 6.61 Å². The highest BCUT2D eigenvalue weighted by atomic mass is 127. The van der Waals surface area contributed by atoms with Gasteiger partial charge in [-0.05, 0) is 53.9 Å². The Morgan fingerprint density at radius 2 is 2.07 bits per heavy atom. The van der Waals surface area contributed by atoms with E-state index in [0.29, 0.717) is 23.8 Å². The third-order valence-electron chi connectivity index (χ3n) is 3.52. The number of aliphatic imine (C=N–C) groups is 1. The van der Waals surface area contributed by atoms with E-state index in [9.17, 15) is 8.78 Å². The Kier molecular flexibility index (Phi) is 11.0. The fourth-order valence-corrected chi connectivity index (χ4v) is 2.99. The van der Waals surface area contributed by atoms with Crippen molar-refractivity contribution in [1.82, 2.24) is 10.6 Å². The summed E-state index contributed by atoms with van der Waals surface area (Å²) < 4.78 is 34.9. The number of nitrogens with zero attached hydrogens (tertiary/aromatic N) is 1. The highest BCUT2D eigenvalue weighted by molar-refractivity contribution is 14.0. The molecule has 2 rings (SSSR count). The van der Waals surface area contributed by atoms with E-state index in [1.807, 2.05) is 12.3 Å². The van der Waals surface area contributed by atoms with Crippen molar-refractivity contribution < 1.29 is 18.3 Å². The van der Waals surface area contributed by atoms with Crippen molar-refractivity contribution in [2.45, 2.75) is 26.5 Å². The first-order valence-electron chi connectivity index (χ1n) is 8.27.